The van der Waals surface area contributed by atoms with Gasteiger partial charge < -0.3 is 4.57 Å². The zero-order chi connectivity index (χ0) is 14.3. The maximum Gasteiger partial charge on any atom is 0.244 e. The highest BCUT2D eigenvalue weighted by Gasteiger charge is 2.26. The third-order valence-corrected chi connectivity index (χ3v) is 5.11. The molecule has 2 aromatic rings. The molecule has 0 unspecified atom stereocenters. The van der Waals surface area contributed by atoms with Crippen LogP contribution < -0.4 is 4.72 Å². The van der Waals surface area contributed by atoms with Gasteiger partial charge in [-0.2, -0.15) is 5.10 Å². The summed E-state index contributed by atoms with van der Waals surface area (Å²) in [7, 11) is -1.82. The van der Waals surface area contributed by atoms with Crippen LogP contribution >= 0.6 is 0 Å². The van der Waals surface area contributed by atoms with Crippen LogP contribution in [0.15, 0.2) is 23.6 Å². The van der Waals surface area contributed by atoms with Crippen molar-refractivity contribution in [1.82, 2.24) is 24.1 Å². The molecule has 7 nitrogen and oxygen atoms in total. The number of rotatable bonds is 5. The quantitative estimate of drug-likeness (QED) is 0.882. The van der Waals surface area contributed by atoms with Crippen LogP contribution in [-0.4, -0.2) is 27.7 Å². The number of nitrogens with zero attached hydrogens (tertiary/aromatic N) is 4. The maximum absolute atomic E-state index is 12.3. The summed E-state index contributed by atoms with van der Waals surface area (Å²) < 4.78 is 30.7. The molecule has 1 N–H and O–H groups in total. The van der Waals surface area contributed by atoms with E-state index in [1.54, 1.807) is 31.2 Å². The molecule has 0 bridgehead atoms. The van der Waals surface area contributed by atoms with E-state index < -0.39 is 10.0 Å². The highest BCUT2D eigenvalue weighted by molar-refractivity contribution is 7.89. The third-order valence-electron chi connectivity index (χ3n) is 3.61. The Morgan fingerprint density at radius 3 is 2.75 bits per heavy atom. The molecular weight excluding hydrogens is 278 g/mol. The molecule has 0 atom stereocenters. The molecule has 1 aliphatic rings. The van der Waals surface area contributed by atoms with Gasteiger partial charge in [-0.3, -0.25) is 4.68 Å². The van der Waals surface area contributed by atoms with Crippen molar-refractivity contribution >= 4 is 10.0 Å². The summed E-state index contributed by atoms with van der Waals surface area (Å²) in [6.07, 6.45) is 7.11. The second kappa shape index (κ2) is 4.71. The van der Waals surface area contributed by atoms with Gasteiger partial charge in [-0.15, -0.1) is 0 Å². The second-order valence-electron chi connectivity index (χ2n) is 5.07. The fourth-order valence-corrected chi connectivity index (χ4v) is 3.34. The number of hydrogen-bond acceptors (Lipinski definition) is 4. The Kier molecular flexibility index (Phi) is 3.14. The summed E-state index contributed by atoms with van der Waals surface area (Å²) in [5.74, 6) is 0. The van der Waals surface area contributed by atoms with E-state index in [0.29, 0.717) is 11.7 Å². The molecule has 0 aromatic carbocycles. The Balaban J connectivity index is 1.77. The van der Waals surface area contributed by atoms with Gasteiger partial charge in [-0.05, 0) is 19.8 Å². The summed E-state index contributed by atoms with van der Waals surface area (Å²) >= 11 is 0. The lowest BCUT2D eigenvalue weighted by atomic mass is 10.4. The average molecular weight is 295 g/mol. The van der Waals surface area contributed by atoms with Crippen LogP contribution in [0, 0.1) is 6.92 Å². The molecule has 0 aliphatic heterocycles. The van der Waals surface area contributed by atoms with Gasteiger partial charge in [0.05, 0.1) is 30.5 Å². The highest BCUT2D eigenvalue weighted by atomic mass is 32.2. The Labute approximate surface area is 117 Å². The number of imidazole rings is 1. The van der Waals surface area contributed by atoms with E-state index in [-0.39, 0.29) is 11.4 Å². The lowest BCUT2D eigenvalue weighted by Gasteiger charge is -2.08. The predicted octanol–water partition coefficient (Wildman–Crippen LogP) is 0.738. The topological polar surface area (TPSA) is 81.8 Å². The largest absolute Gasteiger partial charge is 0.330 e. The predicted molar refractivity (Wildman–Crippen MR) is 72.5 cm³/mol. The van der Waals surface area contributed by atoms with Crippen molar-refractivity contribution < 1.29 is 8.42 Å². The van der Waals surface area contributed by atoms with Gasteiger partial charge >= 0.3 is 0 Å². The van der Waals surface area contributed by atoms with E-state index in [2.05, 4.69) is 14.8 Å². The van der Waals surface area contributed by atoms with Gasteiger partial charge in [-0.1, -0.05) is 0 Å². The SMILES string of the molecule is Cc1c(S(=O)(=O)NCc2cncn2C2CC2)cnn1C. The first-order chi connectivity index (χ1) is 9.49. The van der Waals surface area contributed by atoms with E-state index >= 15 is 0 Å². The van der Waals surface area contributed by atoms with E-state index in [1.807, 2.05) is 4.57 Å². The Hall–Kier alpha value is -1.67. The van der Waals surface area contributed by atoms with E-state index in [0.717, 1.165) is 18.5 Å². The van der Waals surface area contributed by atoms with Crippen LogP contribution in [0.3, 0.4) is 0 Å². The van der Waals surface area contributed by atoms with E-state index in [1.165, 1.54) is 6.20 Å². The first-order valence-corrected chi connectivity index (χ1v) is 7.96. The van der Waals surface area contributed by atoms with Gasteiger partial charge in [-0.25, -0.2) is 18.1 Å². The molecule has 3 rings (SSSR count). The monoisotopic (exact) mass is 295 g/mol. The molecule has 20 heavy (non-hydrogen) atoms. The van der Waals surface area contributed by atoms with Crippen molar-refractivity contribution in [2.24, 2.45) is 7.05 Å². The molecule has 108 valence electrons. The Bertz CT molecular complexity index is 727. The smallest absolute Gasteiger partial charge is 0.244 e. The summed E-state index contributed by atoms with van der Waals surface area (Å²) in [6, 6.07) is 0.483. The van der Waals surface area contributed by atoms with Crippen molar-refractivity contribution in [2.75, 3.05) is 0 Å². The minimum Gasteiger partial charge on any atom is -0.330 e. The highest BCUT2D eigenvalue weighted by Crippen LogP contribution is 2.35. The molecule has 1 saturated carbocycles. The molecule has 2 aromatic heterocycles. The van der Waals surface area contributed by atoms with Gasteiger partial charge in [0.2, 0.25) is 10.0 Å². The third kappa shape index (κ3) is 2.36. The lowest BCUT2D eigenvalue weighted by Crippen LogP contribution is -2.25. The number of aryl methyl sites for hydroxylation is 1. The van der Waals surface area contributed by atoms with Gasteiger partial charge in [0.1, 0.15) is 4.90 Å². The van der Waals surface area contributed by atoms with E-state index in [4.69, 9.17) is 0 Å². The van der Waals surface area contributed by atoms with Gasteiger partial charge in [0, 0.05) is 19.3 Å². The summed E-state index contributed by atoms with van der Waals surface area (Å²) in [4.78, 5) is 4.31. The average Bonchev–Trinajstić information content (AvgIpc) is 3.04. The maximum atomic E-state index is 12.3. The van der Waals surface area contributed by atoms with Crippen LogP contribution in [0.1, 0.15) is 30.3 Å². The van der Waals surface area contributed by atoms with Crippen LogP contribution in [0.2, 0.25) is 0 Å². The zero-order valence-electron chi connectivity index (χ0n) is 11.4. The molecule has 2 heterocycles. The summed E-state index contributed by atoms with van der Waals surface area (Å²) in [6.45, 7) is 1.98. The fraction of sp³-hybridized carbons (Fsp3) is 0.500. The summed E-state index contributed by atoms with van der Waals surface area (Å²) in [5.41, 5.74) is 1.51. The normalized spacial score (nSPS) is 15.7. The number of hydrogen-bond donors (Lipinski definition) is 1. The van der Waals surface area contributed by atoms with Crippen LogP contribution in [0.5, 0.6) is 0 Å². The van der Waals surface area contributed by atoms with Crippen LogP contribution in [0.4, 0.5) is 0 Å². The molecule has 0 spiro atoms. The Morgan fingerprint density at radius 1 is 1.40 bits per heavy atom. The van der Waals surface area contributed by atoms with Crippen LogP contribution in [-0.2, 0) is 23.6 Å². The molecular formula is C12H17N5O2S. The summed E-state index contributed by atoms with van der Waals surface area (Å²) in [5, 5.41) is 3.96. The van der Waals surface area contributed by atoms with Crippen molar-refractivity contribution in [3.8, 4) is 0 Å². The molecule has 0 saturated heterocycles. The minimum absolute atomic E-state index is 0.220. The van der Waals surface area contributed by atoms with Gasteiger partial charge in [0.15, 0.2) is 0 Å². The first-order valence-electron chi connectivity index (χ1n) is 6.48. The van der Waals surface area contributed by atoms with Crippen molar-refractivity contribution in [2.45, 2.75) is 37.2 Å². The Morgan fingerprint density at radius 2 is 2.15 bits per heavy atom. The minimum atomic E-state index is -3.54. The standard InChI is InChI=1S/C12H17N5O2S/c1-9-12(7-14-16(9)2)20(18,19)15-6-11-5-13-8-17(11)10-3-4-10/h5,7-8,10,15H,3-4,6H2,1-2H3. The number of aromatic nitrogens is 4. The van der Waals surface area contributed by atoms with E-state index in [9.17, 15) is 8.42 Å². The molecule has 8 heteroatoms. The number of nitrogens with one attached hydrogen (secondary N) is 1. The fourth-order valence-electron chi connectivity index (χ4n) is 2.14. The van der Waals surface area contributed by atoms with Gasteiger partial charge in [0.25, 0.3) is 0 Å². The van der Waals surface area contributed by atoms with Crippen LogP contribution in [0.25, 0.3) is 0 Å². The molecule has 0 amide bonds. The lowest BCUT2D eigenvalue weighted by molar-refractivity contribution is 0.575. The number of sulfonamides is 1. The zero-order valence-corrected chi connectivity index (χ0v) is 12.3. The molecule has 0 radical (unpaired) electrons. The van der Waals surface area contributed by atoms with Crippen molar-refractivity contribution in [3.63, 3.8) is 0 Å². The first kappa shape index (κ1) is 13.3. The van der Waals surface area contributed by atoms with Crippen molar-refractivity contribution in [3.05, 3.63) is 30.1 Å². The molecule has 1 fully saturated rings. The van der Waals surface area contributed by atoms with Crippen molar-refractivity contribution in [1.29, 1.82) is 0 Å². The second-order valence-corrected chi connectivity index (χ2v) is 6.80. The molecule has 1 aliphatic carbocycles.